The number of aryl methyl sites for hydroxylation is 2. The van der Waals surface area contributed by atoms with E-state index in [4.69, 9.17) is 13.9 Å². The lowest BCUT2D eigenvalue weighted by Crippen LogP contribution is -2.42. The Balaban J connectivity index is 1.25. The van der Waals surface area contributed by atoms with Gasteiger partial charge in [-0.2, -0.15) is 0 Å². The number of amides is 1. The number of hydrogen-bond donors (Lipinski definition) is 0. The van der Waals surface area contributed by atoms with Crippen LogP contribution in [0.15, 0.2) is 52.1 Å². The summed E-state index contributed by atoms with van der Waals surface area (Å²) in [6, 6.07) is 13.6. The lowest BCUT2D eigenvalue weighted by molar-refractivity contribution is -0.130. The van der Waals surface area contributed by atoms with Crippen LogP contribution in [0.4, 0.5) is 0 Å². The number of benzene rings is 2. The molecule has 0 bridgehead atoms. The topological polar surface area (TPSA) is 77.7 Å². The van der Waals surface area contributed by atoms with Gasteiger partial charge in [0.05, 0.1) is 12.9 Å². The number of likely N-dealkylation sites (tertiary alicyclic amines) is 1. The average Bonchev–Trinajstić information content (AvgIpc) is 3.29. The first-order chi connectivity index (χ1) is 15.5. The van der Waals surface area contributed by atoms with E-state index in [1.54, 1.807) is 7.11 Å². The van der Waals surface area contributed by atoms with Crippen molar-refractivity contribution in [2.24, 2.45) is 0 Å². The van der Waals surface area contributed by atoms with Crippen molar-refractivity contribution in [3.8, 4) is 23.0 Å². The molecule has 1 saturated heterocycles. The minimum atomic E-state index is 0.0738. The smallest absolute Gasteiger partial charge is 0.277 e. The van der Waals surface area contributed by atoms with E-state index < -0.39 is 0 Å². The van der Waals surface area contributed by atoms with Crippen LogP contribution >= 0.6 is 11.8 Å². The van der Waals surface area contributed by atoms with Crippen molar-refractivity contribution in [3.05, 3.63) is 53.6 Å². The van der Waals surface area contributed by atoms with E-state index >= 15 is 0 Å². The second-order valence-electron chi connectivity index (χ2n) is 7.81. The summed E-state index contributed by atoms with van der Waals surface area (Å²) < 4.78 is 17.1. The van der Waals surface area contributed by atoms with Crippen molar-refractivity contribution in [3.63, 3.8) is 0 Å². The van der Waals surface area contributed by atoms with Gasteiger partial charge in [0, 0.05) is 31.5 Å². The molecule has 0 saturated carbocycles. The number of rotatable bonds is 7. The van der Waals surface area contributed by atoms with Gasteiger partial charge < -0.3 is 18.8 Å². The molecule has 0 unspecified atom stereocenters. The van der Waals surface area contributed by atoms with Crippen molar-refractivity contribution in [2.45, 2.75) is 38.0 Å². The van der Waals surface area contributed by atoms with Gasteiger partial charge in [0.1, 0.15) is 17.6 Å². The van der Waals surface area contributed by atoms with Crippen LogP contribution in [0.1, 0.15) is 24.0 Å². The molecule has 0 spiro atoms. The number of carbonyl (C=O) groups excluding carboxylic acids is 1. The van der Waals surface area contributed by atoms with Crippen molar-refractivity contribution in [1.29, 1.82) is 0 Å². The van der Waals surface area contributed by atoms with Crippen molar-refractivity contribution in [1.82, 2.24) is 15.1 Å². The van der Waals surface area contributed by atoms with E-state index in [0.717, 1.165) is 41.0 Å². The van der Waals surface area contributed by atoms with Gasteiger partial charge in [0.25, 0.3) is 5.22 Å². The molecule has 0 radical (unpaired) electrons. The molecule has 1 aromatic heterocycles. The lowest BCUT2D eigenvalue weighted by atomic mass is 10.1. The molecule has 2 heterocycles. The van der Waals surface area contributed by atoms with Crippen LogP contribution in [0.3, 0.4) is 0 Å². The van der Waals surface area contributed by atoms with Gasteiger partial charge in [-0.15, -0.1) is 10.2 Å². The molecular formula is C24H27N3O4S. The van der Waals surface area contributed by atoms with Crippen LogP contribution in [-0.4, -0.2) is 53.1 Å². The molecular weight excluding hydrogens is 426 g/mol. The van der Waals surface area contributed by atoms with E-state index in [2.05, 4.69) is 36.2 Å². The highest BCUT2D eigenvalue weighted by Crippen LogP contribution is 2.28. The van der Waals surface area contributed by atoms with Gasteiger partial charge in [0.2, 0.25) is 11.8 Å². The molecule has 0 N–H and O–H groups in total. The quantitative estimate of drug-likeness (QED) is 0.487. The van der Waals surface area contributed by atoms with Crippen LogP contribution in [0.5, 0.6) is 11.5 Å². The first-order valence-electron chi connectivity index (χ1n) is 10.6. The zero-order valence-corrected chi connectivity index (χ0v) is 19.4. The normalized spacial score (nSPS) is 14.4. The Hall–Kier alpha value is -3.00. The largest absolute Gasteiger partial charge is 0.497 e. The number of thioether (sulfide) groups is 1. The highest BCUT2D eigenvalue weighted by Gasteiger charge is 2.25. The number of hydrogen-bond acceptors (Lipinski definition) is 7. The van der Waals surface area contributed by atoms with E-state index in [0.29, 0.717) is 24.2 Å². The molecule has 0 aliphatic carbocycles. The molecule has 1 fully saturated rings. The molecule has 4 rings (SSSR count). The Labute approximate surface area is 192 Å². The van der Waals surface area contributed by atoms with Crippen LogP contribution in [0, 0.1) is 13.8 Å². The van der Waals surface area contributed by atoms with Crippen LogP contribution in [0.25, 0.3) is 11.5 Å². The summed E-state index contributed by atoms with van der Waals surface area (Å²) in [6.45, 7) is 5.51. The van der Waals surface area contributed by atoms with E-state index in [9.17, 15) is 4.79 Å². The number of ether oxygens (including phenoxy) is 2. The van der Waals surface area contributed by atoms with Gasteiger partial charge in [0.15, 0.2) is 0 Å². The second-order valence-corrected chi connectivity index (χ2v) is 8.74. The van der Waals surface area contributed by atoms with E-state index in [1.165, 1.54) is 11.8 Å². The van der Waals surface area contributed by atoms with Gasteiger partial charge in [-0.05, 0) is 49.2 Å². The minimum Gasteiger partial charge on any atom is -0.497 e. The Morgan fingerprint density at radius 3 is 2.44 bits per heavy atom. The highest BCUT2D eigenvalue weighted by atomic mass is 32.2. The third-order valence-corrected chi connectivity index (χ3v) is 6.35. The monoisotopic (exact) mass is 453 g/mol. The second kappa shape index (κ2) is 10.1. The summed E-state index contributed by atoms with van der Waals surface area (Å²) in [5, 5.41) is 8.52. The number of piperidine rings is 1. The predicted octanol–water partition coefficient (Wildman–Crippen LogP) is 4.52. The lowest BCUT2D eigenvalue weighted by Gasteiger charge is -2.32. The summed E-state index contributed by atoms with van der Waals surface area (Å²) in [4.78, 5) is 14.5. The number of methoxy groups -OCH3 is 1. The third-order valence-electron chi connectivity index (χ3n) is 5.55. The van der Waals surface area contributed by atoms with Crippen LogP contribution in [-0.2, 0) is 4.79 Å². The number of para-hydroxylation sites is 1. The molecule has 32 heavy (non-hydrogen) atoms. The molecule has 1 aliphatic heterocycles. The maximum Gasteiger partial charge on any atom is 0.277 e. The molecule has 1 aliphatic rings. The number of aromatic nitrogens is 2. The Morgan fingerprint density at radius 1 is 1.09 bits per heavy atom. The zero-order chi connectivity index (χ0) is 22.5. The molecule has 7 nitrogen and oxygen atoms in total. The summed E-state index contributed by atoms with van der Waals surface area (Å²) >= 11 is 1.27. The van der Waals surface area contributed by atoms with Gasteiger partial charge >= 0.3 is 0 Å². The van der Waals surface area contributed by atoms with E-state index in [-0.39, 0.29) is 17.8 Å². The van der Waals surface area contributed by atoms with Crippen molar-refractivity contribution >= 4 is 17.7 Å². The first-order valence-corrected chi connectivity index (χ1v) is 11.6. The Morgan fingerprint density at radius 2 is 1.78 bits per heavy atom. The van der Waals surface area contributed by atoms with E-state index in [1.807, 2.05) is 35.2 Å². The van der Waals surface area contributed by atoms with Gasteiger partial charge in [-0.25, -0.2) is 0 Å². The summed E-state index contributed by atoms with van der Waals surface area (Å²) in [7, 11) is 1.62. The highest BCUT2D eigenvalue weighted by molar-refractivity contribution is 7.99. The SMILES string of the molecule is COc1ccc(-c2nnc(SCC(=O)N3CCC(Oc4c(C)cccc4C)CC3)o2)cc1. The maximum absolute atomic E-state index is 12.7. The summed E-state index contributed by atoms with van der Waals surface area (Å²) in [5.74, 6) is 2.50. The standard InChI is InChI=1S/C24H27N3O4S/c1-16-5-4-6-17(2)22(16)30-20-11-13-27(14-12-20)21(28)15-32-24-26-25-23(31-24)18-7-9-19(29-3)10-8-18/h4-10,20H,11-15H2,1-3H3. The fourth-order valence-electron chi connectivity index (χ4n) is 3.71. The minimum absolute atomic E-state index is 0.0738. The molecule has 2 aromatic carbocycles. The molecule has 8 heteroatoms. The maximum atomic E-state index is 12.7. The fourth-order valence-corrected chi connectivity index (χ4v) is 4.37. The number of carbonyl (C=O) groups is 1. The van der Waals surface area contributed by atoms with Gasteiger partial charge in [-0.1, -0.05) is 30.0 Å². The molecule has 0 atom stereocenters. The summed E-state index contributed by atoms with van der Waals surface area (Å²) in [5.41, 5.74) is 3.10. The predicted molar refractivity (Wildman–Crippen MR) is 123 cm³/mol. The third kappa shape index (κ3) is 5.24. The Kier molecular flexibility index (Phi) is 6.99. The van der Waals surface area contributed by atoms with Crippen LogP contribution in [0.2, 0.25) is 0 Å². The molecule has 3 aromatic rings. The molecule has 168 valence electrons. The van der Waals surface area contributed by atoms with Crippen molar-refractivity contribution in [2.75, 3.05) is 26.0 Å². The zero-order valence-electron chi connectivity index (χ0n) is 18.5. The number of nitrogens with zero attached hydrogens (tertiary/aromatic N) is 3. The van der Waals surface area contributed by atoms with Crippen LogP contribution < -0.4 is 9.47 Å². The molecule has 1 amide bonds. The van der Waals surface area contributed by atoms with Gasteiger partial charge in [-0.3, -0.25) is 4.79 Å². The van der Waals surface area contributed by atoms with Crippen molar-refractivity contribution < 1.29 is 18.7 Å². The fraction of sp³-hybridized carbons (Fsp3) is 0.375. The first kappa shape index (κ1) is 22.2. The Bertz CT molecular complexity index is 1040. The average molecular weight is 454 g/mol. The summed E-state index contributed by atoms with van der Waals surface area (Å²) in [6.07, 6.45) is 1.79.